The number of aliphatic carboxylic acids is 1. The van der Waals surface area contributed by atoms with Gasteiger partial charge < -0.3 is 19.5 Å². The maximum atomic E-state index is 12.0. The fourth-order valence-corrected chi connectivity index (χ4v) is 1.43. The SMILES string of the molecule is CC(C(=O)O)N(C)C(=O)N(C)Cc1nccn1C. The Morgan fingerprint density at radius 3 is 2.56 bits per heavy atom. The van der Waals surface area contributed by atoms with E-state index in [1.807, 2.05) is 11.6 Å². The van der Waals surface area contributed by atoms with Gasteiger partial charge in [-0.15, -0.1) is 0 Å². The largest absolute Gasteiger partial charge is 0.480 e. The van der Waals surface area contributed by atoms with Gasteiger partial charge >= 0.3 is 12.0 Å². The van der Waals surface area contributed by atoms with Crippen LogP contribution in [0.3, 0.4) is 0 Å². The van der Waals surface area contributed by atoms with Crippen LogP contribution in [-0.2, 0) is 18.4 Å². The number of amides is 2. The number of aromatic nitrogens is 2. The molecule has 7 heteroatoms. The van der Waals surface area contributed by atoms with Crippen LogP contribution in [0.2, 0.25) is 0 Å². The average molecular weight is 254 g/mol. The number of urea groups is 1. The number of imidazole rings is 1. The number of carbonyl (C=O) groups is 2. The number of hydrogen-bond acceptors (Lipinski definition) is 3. The average Bonchev–Trinajstić information content (AvgIpc) is 2.71. The molecule has 0 radical (unpaired) electrons. The van der Waals surface area contributed by atoms with Crippen molar-refractivity contribution in [3.63, 3.8) is 0 Å². The van der Waals surface area contributed by atoms with Gasteiger partial charge in [0.1, 0.15) is 11.9 Å². The quantitative estimate of drug-likeness (QED) is 0.842. The number of carbonyl (C=O) groups excluding carboxylic acids is 1. The smallest absolute Gasteiger partial charge is 0.326 e. The molecule has 1 N–H and O–H groups in total. The summed E-state index contributed by atoms with van der Waals surface area (Å²) in [6, 6.07) is -1.21. The van der Waals surface area contributed by atoms with Gasteiger partial charge in [-0.25, -0.2) is 14.6 Å². The van der Waals surface area contributed by atoms with E-state index in [0.717, 1.165) is 5.82 Å². The van der Waals surface area contributed by atoms with Crippen LogP contribution in [0, 0.1) is 0 Å². The first-order chi connectivity index (χ1) is 8.34. The van der Waals surface area contributed by atoms with Gasteiger partial charge in [-0.2, -0.15) is 0 Å². The monoisotopic (exact) mass is 254 g/mol. The fourth-order valence-electron chi connectivity index (χ4n) is 1.43. The lowest BCUT2D eigenvalue weighted by atomic mass is 10.3. The molecule has 0 spiro atoms. The standard InChI is InChI=1S/C11H18N4O3/c1-8(10(16)17)15(4)11(18)14(3)7-9-12-5-6-13(9)2/h5-6,8H,7H2,1-4H3,(H,16,17). The molecule has 100 valence electrons. The first-order valence-electron chi connectivity index (χ1n) is 5.51. The van der Waals surface area contributed by atoms with Crippen molar-refractivity contribution in [2.24, 2.45) is 7.05 Å². The second-order valence-corrected chi connectivity index (χ2v) is 4.22. The van der Waals surface area contributed by atoms with Crippen molar-refractivity contribution in [2.75, 3.05) is 14.1 Å². The van der Waals surface area contributed by atoms with Gasteiger partial charge in [0.2, 0.25) is 0 Å². The maximum Gasteiger partial charge on any atom is 0.326 e. The number of carboxylic acids is 1. The summed E-state index contributed by atoms with van der Waals surface area (Å²) in [4.78, 5) is 29.5. The van der Waals surface area contributed by atoms with Crippen LogP contribution in [0.25, 0.3) is 0 Å². The number of hydrogen-bond donors (Lipinski definition) is 1. The summed E-state index contributed by atoms with van der Waals surface area (Å²) in [5, 5.41) is 8.86. The van der Waals surface area contributed by atoms with Crippen LogP contribution in [0.15, 0.2) is 12.4 Å². The van der Waals surface area contributed by atoms with Crippen molar-refractivity contribution < 1.29 is 14.7 Å². The molecule has 0 aliphatic carbocycles. The Balaban J connectivity index is 2.67. The number of likely N-dealkylation sites (N-methyl/N-ethyl adjacent to an activating group) is 1. The normalized spacial score (nSPS) is 12.0. The molecule has 0 saturated heterocycles. The summed E-state index contributed by atoms with van der Waals surface area (Å²) < 4.78 is 1.81. The molecule has 0 bridgehead atoms. The molecule has 0 aromatic carbocycles. The van der Waals surface area contributed by atoms with Crippen molar-refractivity contribution in [1.29, 1.82) is 0 Å². The van der Waals surface area contributed by atoms with Gasteiger partial charge in [0.25, 0.3) is 0 Å². The van der Waals surface area contributed by atoms with Crippen molar-refractivity contribution in [3.8, 4) is 0 Å². The highest BCUT2D eigenvalue weighted by atomic mass is 16.4. The summed E-state index contributed by atoms with van der Waals surface area (Å²) >= 11 is 0. The van der Waals surface area contributed by atoms with E-state index in [1.54, 1.807) is 19.4 Å². The third kappa shape index (κ3) is 2.99. The van der Waals surface area contributed by atoms with Gasteiger partial charge in [0.15, 0.2) is 0 Å². The molecular formula is C11H18N4O3. The molecule has 7 nitrogen and oxygen atoms in total. The van der Waals surface area contributed by atoms with E-state index in [9.17, 15) is 9.59 Å². The Labute approximate surface area is 106 Å². The van der Waals surface area contributed by atoms with Crippen molar-refractivity contribution >= 4 is 12.0 Å². The second-order valence-electron chi connectivity index (χ2n) is 4.22. The third-order valence-corrected chi connectivity index (χ3v) is 2.87. The Hall–Kier alpha value is -2.05. The lowest BCUT2D eigenvalue weighted by molar-refractivity contribution is -0.141. The van der Waals surface area contributed by atoms with E-state index in [2.05, 4.69) is 4.98 Å². The third-order valence-electron chi connectivity index (χ3n) is 2.87. The minimum absolute atomic E-state index is 0.332. The van der Waals surface area contributed by atoms with Crippen LogP contribution >= 0.6 is 0 Å². The number of nitrogens with zero attached hydrogens (tertiary/aromatic N) is 4. The summed E-state index contributed by atoms with van der Waals surface area (Å²) in [6.07, 6.45) is 3.44. The number of rotatable bonds is 4. The van der Waals surface area contributed by atoms with Gasteiger partial charge in [-0.05, 0) is 6.92 Å². The van der Waals surface area contributed by atoms with Crippen molar-refractivity contribution in [1.82, 2.24) is 19.4 Å². The topological polar surface area (TPSA) is 78.7 Å². The lowest BCUT2D eigenvalue weighted by Gasteiger charge is -2.27. The molecule has 1 aromatic rings. The Morgan fingerprint density at radius 1 is 1.50 bits per heavy atom. The van der Waals surface area contributed by atoms with E-state index in [0.29, 0.717) is 6.54 Å². The van der Waals surface area contributed by atoms with Crippen LogP contribution in [0.1, 0.15) is 12.7 Å². The maximum absolute atomic E-state index is 12.0. The minimum Gasteiger partial charge on any atom is -0.480 e. The molecule has 0 fully saturated rings. The van der Waals surface area contributed by atoms with Gasteiger partial charge in [0, 0.05) is 33.5 Å². The Morgan fingerprint density at radius 2 is 2.11 bits per heavy atom. The van der Waals surface area contributed by atoms with Crippen LogP contribution in [0.5, 0.6) is 0 Å². The minimum atomic E-state index is -1.03. The molecule has 1 heterocycles. The zero-order valence-electron chi connectivity index (χ0n) is 11.0. The van der Waals surface area contributed by atoms with Gasteiger partial charge in [-0.1, -0.05) is 0 Å². The molecule has 1 aromatic heterocycles. The number of carboxylic acid groups (broad SMARTS) is 1. The van der Waals surface area contributed by atoms with E-state index < -0.39 is 12.0 Å². The molecule has 0 aliphatic rings. The van der Waals surface area contributed by atoms with Gasteiger partial charge in [-0.3, -0.25) is 0 Å². The Bertz CT molecular complexity index is 443. The molecule has 1 unspecified atom stereocenters. The van der Waals surface area contributed by atoms with Crippen LogP contribution in [-0.4, -0.2) is 56.6 Å². The highest BCUT2D eigenvalue weighted by Gasteiger charge is 2.24. The molecule has 1 atom stereocenters. The molecule has 1 rings (SSSR count). The highest BCUT2D eigenvalue weighted by Crippen LogP contribution is 2.05. The molecule has 0 saturated carbocycles. The highest BCUT2D eigenvalue weighted by molar-refractivity contribution is 5.81. The fraction of sp³-hybridized carbons (Fsp3) is 0.545. The van der Waals surface area contributed by atoms with E-state index in [1.165, 1.54) is 23.8 Å². The number of aryl methyl sites for hydroxylation is 1. The predicted octanol–water partition coefficient (Wildman–Crippen LogP) is 0.377. The zero-order chi connectivity index (χ0) is 13.9. The van der Waals surface area contributed by atoms with Crippen LogP contribution in [0.4, 0.5) is 4.79 Å². The summed E-state index contributed by atoms with van der Waals surface area (Å²) in [6.45, 7) is 1.80. The first-order valence-corrected chi connectivity index (χ1v) is 5.51. The molecular weight excluding hydrogens is 236 g/mol. The van der Waals surface area contributed by atoms with E-state index in [4.69, 9.17) is 5.11 Å². The molecule has 2 amide bonds. The summed E-state index contributed by atoms with van der Waals surface area (Å²) in [7, 11) is 4.92. The van der Waals surface area contributed by atoms with E-state index in [-0.39, 0.29) is 6.03 Å². The lowest BCUT2D eigenvalue weighted by Crippen LogP contribution is -2.46. The summed E-state index contributed by atoms with van der Waals surface area (Å²) in [5.74, 6) is -0.293. The first kappa shape index (κ1) is 14.0. The Kier molecular flexibility index (Phi) is 4.30. The summed E-state index contributed by atoms with van der Waals surface area (Å²) in [5.41, 5.74) is 0. The van der Waals surface area contributed by atoms with E-state index >= 15 is 0 Å². The van der Waals surface area contributed by atoms with Crippen LogP contribution < -0.4 is 0 Å². The van der Waals surface area contributed by atoms with Crippen molar-refractivity contribution in [2.45, 2.75) is 19.5 Å². The predicted molar refractivity (Wildman–Crippen MR) is 64.9 cm³/mol. The molecule has 18 heavy (non-hydrogen) atoms. The molecule has 0 aliphatic heterocycles. The van der Waals surface area contributed by atoms with Gasteiger partial charge in [0.05, 0.1) is 6.54 Å². The van der Waals surface area contributed by atoms with Crippen molar-refractivity contribution in [3.05, 3.63) is 18.2 Å². The zero-order valence-corrected chi connectivity index (χ0v) is 11.0. The second kappa shape index (κ2) is 5.52.